The summed E-state index contributed by atoms with van der Waals surface area (Å²) in [7, 11) is 0. The smallest absolute Gasteiger partial charge is 0.0605 e. The van der Waals surface area contributed by atoms with Crippen LogP contribution in [0.5, 0.6) is 0 Å². The zero-order valence-electron chi connectivity index (χ0n) is 12.4. The predicted octanol–water partition coefficient (Wildman–Crippen LogP) is 4.98. The first kappa shape index (κ1) is 16.3. The molecule has 0 amide bonds. The molecule has 2 nitrogen and oxygen atoms in total. The van der Waals surface area contributed by atoms with E-state index in [0.29, 0.717) is 10.0 Å². The lowest BCUT2D eigenvalue weighted by Gasteiger charge is -2.20. The van der Waals surface area contributed by atoms with E-state index in [1.807, 2.05) is 30.5 Å². The summed E-state index contributed by atoms with van der Waals surface area (Å²) in [6.45, 7) is 5.22. The molecule has 112 valence electrons. The fourth-order valence-corrected chi connectivity index (χ4v) is 2.67. The topological polar surface area (TPSA) is 24.9 Å². The molecular weight excluding hydrogens is 303 g/mol. The molecule has 1 atom stereocenters. The van der Waals surface area contributed by atoms with Gasteiger partial charge in [0.15, 0.2) is 0 Å². The molecule has 1 unspecified atom stereocenters. The lowest BCUT2D eigenvalue weighted by Crippen LogP contribution is -2.25. The molecule has 0 saturated heterocycles. The molecule has 0 spiro atoms. The first-order chi connectivity index (χ1) is 10.1. The van der Waals surface area contributed by atoms with Gasteiger partial charge in [0, 0.05) is 6.20 Å². The van der Waals surface area contributed by atoms with E-state index in [4.69, 9.17) is 23.2 Å². The minimum atomic E-state index is 0.184. The zero-order valence-corrected chi connectivity index (χ0v) is 13.9. The van der Waals surface area contributed by atoms with E-state index in [0.717, 1.165) is 30.6 Å². The average molecular weight is 323 g/mol. The van der Waals surface area contributed by atoms with Crippen molar-refractivity contribution in [1.82, 2.24) is 10.3 Å². The van der Waals surface area contributed by atoms with E-state index in [1.54, 1.807) is 0 Å². The summed E-state index contributed by atoms with van der Waals surface area (Å²) in [6.07, 6.45) is 3.77. The Balaban J connectivity index is 2.24. The van der Waals surface area contributed by atoms with Gasteiger partial charge in [-0.15, -0.1) is 0 Å². The van der Waals surface area contributed by atoms with Crippen molar-refractivity contribution in [2.75, 3.05) is 6.54 Å². The van der Waals surface area contributed by atoms with Crippen molar-refractivity contribution in [2.24, 2.45) is 0 Å². The van der Waals surface area contributed by atoms with Gasteiger partial charge in [0.2, 0.25) is 0 Å². The Labute approximate surface area is 136 Å². The monoisotopic (exact) mass is 322 g/mol. The Morgan fingerprint density at radius 2 is 2.00 bits per heavy atom. The highest BCUT2D eigenvalue weighted by Gasteiger charge is 2.15. The second-order valence-corrected chi connectivity index (χ2v) is 5.98. The fourth-order valence-electron chi connectivity index (χ4n) is 2.35. The summed E-state index contributed by atoms with van der Waals surface area (Å²) >= 11 is 12.1. The Kier molecular flexibility index (Phi) is 6.04. The highest BCUT2D eigenvalue weighted by atomic mass is 35.5. The number of halogens is 2. The highest BCUT2D eigenvalue weighted by Crippen LogP contribution is 2.26. The van der Waals surface area contributed by atoms with Crippen LogP contribution in [0.1, 0.15) is 36.2 Å². The predicted molar refractivity (Wildman–Crippen MR) is 90.2 cm³/mol. The van der Waals surface area contributed by atoms with Crippen LogP contribution in [-0.4, -0.2) is 11.5 Å². The lowest BCUT2D eigenvalue weighted by atomic mass is 10.00. The van der Waals surface area contributed by atoms with E-state index >= 15 is 0 Å². The summed E-state index contributed by atoms with van der Waals surface area (Å²) in [4.78, 5) is 4.55. The number of rotatable bonds is 6. The minimum Gasteiger partial charge on any atom is -0.308 e. The van der Waals surface area contributed by atoms with Crippen LogP contribution in [0.3, 0.4) is 0 Å². The molecule has 0 aliphatic rings. The molecule has 1 aromatic heterocycles. The Morgan fingerprint density at radius 1 is 1.19 bits per heavy atom. The van der Waals surface area contributed by atoms with Crippen LogP contribution in [0.4, 0.5) is 0 Å². The number of aromatic nitrogens is 1. The zero-order chi connectivity index (χ0) is 15.2. The Morgan fingerprint density at radius 3 is 2.67 bits per heavy atom. The number of nitrogens with zero attached hydrogens (tertiary/aromatic N) is 1. The van der Waals surface area contributed by atoms with Crippen molar-refractivity contribution < 1.29 is 0 Å². The summed E-state index contributed by atoms with van der Waals surface area (Å²) in [5, 5.41) is 4.76. The van der Waals surface area contributed by atoms with Crippen molar-refractivity contribution >= 4 is 23.2 Å². The number of hydrogen-bond donors (Lipinski definition) is 1. The fraction of sp³-hybridized carbons (Fsp3) is 0.353. The maximum atomic E-state index is 6.11. The third kappa shape index (κ3) is 4.44. The van der Waals surface area contributed by atoms with Gasteiger partial charge in [0.1, 0.15) is 0 Å². The Hall–Kier alpha value is -1.09. The highest BCUT2D eigenvalue weighted by molar-refractivity contribution is 6.42. The van der Waals surface area contributed by atoms with Crippen molar-refractivity contribution in [3.8, 4) is 0 Å². The SMILES string of the molecule is CCCNC(Cc1ccc(Cl)c(Cl)c1)c1ncccc1C. The molecule has 0 aliphatic heterocycles. The molecule has 2 rings (SSSR count). The van der Waals surface area contributed by atoms with Gasteiger partial charge >= 0.3 is 0 Å². The van der Waals surface area contributed by atoms with Crippen molar-refractivity contribution in [1.29, 1.82) is 0 Å². The normalized spacial score (nSPS) is 12.4. The number of aryl methyl sites for hydroxylation is 1. The van der Waals surface area contributed by atoms with Crippen molar-refractivity contribution in [3.63, 3.8) is 0 Å². The standard InChI is InChI=1S/C17H20Cl2N2/c1-3-8-20-16(17-12(2)5-4-9-21-17)11-13-6-7-14(18)15(19)10-13/h4-7,9-10,16,20H,3,8,11H2,1-2H3. The van der Waals surface area contributed by atoms with Crippen LogP contribution < -0.4 is 5.32 Å². The second-order valence-electron chi connectivity index (χ2n) is 5.16. The molecule has 1 aromatic carbocycles. The van der Waals surface area contributed by atoms with Crippen molar-refractivity contribution in [3.05, 3.63) is 63.4 Å². The van der Waals surface area contributed by atoms with Crippen LogP contribution in [0.15, 0.2) is 36.5 Å². The van der Waals surface area contributed by atoms with E-state index in [9.17, 15) is 0 Å². The summed E-state index contributed by atoms with van der Waals surface area (Å²) in [5.74, 6) is 0. The summed E-state index contributed by atoms with van der Waals surface area (Å²) < 4.78 is 0. The molecule has 2 aromatic rings. The number of hydrogen-bond acceptors (Lipinski definition) is 2. The maximum Gasteiger partial charge on any atom is 0.0605 e. The number of pyridine rings is 1. The molecule has 1 heterocycles. The maximum absolute atomic E-state index is 6.11. The van der Waals surface area contributed by atoms with Crippen LogP contribution in [0.25, 0.3) is 0 Å². The number of nitrogens with one attached hydrogen (secondary N) is 1. The molecule has 0 fully saturated rings. The molecule has 1 N–H and O–H groups in total. The van der Waals surface area contributed by atoms with Crippen LogP contribution >= 0.6 is 23.2 Å². The van der Waals surface area contributed by atoms with E-state index in [2.05, 4.69) is 30.2 Å². The van der Waals surface area contributed by atoms with E-state index < -0.39 is 0 Å². The van der Waals surface area contributed by atoms with Crippen LogP contribution in [0, 0.1) is 6.92 Å². The van der Waals surface area contributed by atoms with Gasteiger partial charge in [-0.05, 0) is 55.6 Å². The van der Waals surface area contributed by atoms with E-state index in [-0.39, 0.29) is 6.04 Å². The third-order valence-corrected chi connectivity index (χ3v) is 4.18. The molecule has 0 bridgehead atoms. The third-order valence-electron chi connectivity index (χ3n) is 3.44. The minimum absolute atomic E-state index is 0.184. The largest absolute Gasteiger partial charge is 0.308 e. The van der Waals surface area contributed by atoms with Crippen LogP contribution in [0.2, 0.25) is 10.0 Å². The number of benzene rings is 1. The molecular formula is C17H20Cl2N2. The van der Waals surface area contributed by atoms with Gasteiger partial charge < -0.3 is 5.32 Å². The lowest BCUT2D eigenvalue weighted by molar-refractivity contribution is 0.515. The summed E-state index contributed by atoms with van der Waals surface area (Å²) in [6, 6.07) is 10.0. The second kappa shape index (κ2) is 7.79. The Bertz CT molecular complexity index is 599. The average Bonchev–Trinajstić information content (AvgIpc) is 2.48. The van der Waals surface area contributed by atoms with Gasteiger partial charge in [0.25, 0.3) is 0 Å². The quantitative estimate of drug-likeness (QED) is 0.811. The van der Waals surface area contributed by atoms with Gasteiger partial charge in [-0.2, -0.15) is 0 Å². The van der Waals surface area contributed by atoms with Gasteiger partial charge in [0.05, 0.1) is 21.8 Å². The van der Waals surface area contributed by atoms with Crippen molar-refractivity contribution in [2.45, 2.75) is 32.7 Å². The molecule has 0 radical (unpaired) electrons. The van der Waals surface area contributed by atoms with Gasteiger partial charge in [-0.1, -0.05) is 42.3 Å². The van der Waals surface area contributed by atoms with E-state index in [1.165, 1.54) is 5.56 Å². The summed E-state index contributed by atoms with van der Waals surface area (Å²) in [5.41, 5.74) is 3.45. The molecule has 21 heavy (non-hydrogen) atoms. The molecule has 0 saturated carbocycles. The molecule has 0 aliphatic carbocycles. The van der Waals surface area contributed by atoms with Crippen LogP contribution in [-0.2, 0) is 6.42 Å². The van der Waals surface area contributed by atoms with Gasteiger partial charge in [-0.25, -0.2) is 0 Å². The van der Waals surface area contributed by atoms with Gasteiger partial charge in [-0.3, -0.25) is 4.98 Å². The first-order valence-electron chi connectivity index (χ1n) is 7.20. The first-order valence-corrected chi connectivity index (χ1v) is 7.96. The molecule has 4 heteroatoms.